The average Bonchev–Trinajstić information content (AvgIpc) is 2.77. The summed E-state index contributed by atoms with van der Waals surface area (Å²) in [4.78, 5) is 1.26. The van der Waals surface area contributed by atoms with Crippen LogP contribution in [-0.4, -0.2) is 5.33 Å². The Bertz CT molecular complexity index is 510. The molecule has 2 rings (SSSR count). The Balaban J connectivity index is 2.06. The second-order valence-corrected chi connectivity index (χ2v) is 6.67. The molecule has 0 aliphatic heterocycles. The average molecular weight is 364 g/mol. The molecule has 0 fully saturated rings. The van der Waals surface area contributed by atoms with Gasteiger partial charge in [0.2, 0.25) is 0 Å². The highest BCUT2D eigenvalue weighted by atomic mass is 79.9. The molecule has 0 bridgehead atoms. The maximum atomic E-state index is 6.20. The normalized spacial score (nSPS) is 12.6. The summed E-state index contributed by atoms with van der Waals surface area (Å²) < 4.78 is 0. The molecule has 0 radical (unpaired) electrons. The van der Waals surface area contributed by atoms with E-state index in [9.17, 15) is 0 Å². The SMILES string of the molecule is Clc1ccccc1CC(CBr)Cc1sccc1Cl. The van der Waals surface area contributed by atoms with Crippen LogP contribution in [-0.2, 0) is 12.8 Å². The molecule has 0 N–H and O–H groups in total. The minimum absolute atomic E-state index is 0.515. The molecule has 1 heterocycles. The molecule has 4 heteroatoms. The van der Waals surface area contributed by atoms with E-state index >= 15 is 0 Å². The van der Waals surface area contributed by atoms with Crippen molar-refractivity contribution in [3.63, 3.8) is 0 Å². The van der Waals surface area contributed by atoms with Crippen LogP contribution in [0.25, 0.3) is 0 Å². The molecule has 1 aromatic heterocycles. The lowest BCUT2D eigenvalue weighted by Gasteiger charge is -2.14. The highest BCUT2D eigenvalue weighted by Crippen LogP contribution is 2.28. The van der Waals surface area contributed by atoms with Gasteiger partial charge in [0.05, 0.1) is 5.02 Å². The fourth-order valence-electron chi connectivity index (χ4n) is 1.89. The van der Waals surface area contributed by atoms with Crippen molar-refractivity contribution in [2.75, 3.05) is 5.33 Å². The van der Waals surface area contributed by atoms with E-state index in [1.807, 2.05) is 29.6 Å². The number of halogens is 3. The first-order chi connectivity index (χ1) is 8.70. The van der Waals surface area contributed by atoms with Gasteiger partial charge in [-0.3, -0.25) is 0 Å². The van der Waals surface area contributed by atoms with Crippen LogP contribution in [0.5, 0.6) is 0 Å². The predicted molar refractivity (Wildman–Crippen MR) is 85.5 cm³/mol. The molecule has 0 aliphatic rings. The van der Waals surface area contributed by atoms with Gasteiger partial charge in [-0.2, -0.15) is 0 Å². The summed E-state index contributed by atoms with van der Waals surface area (Å²) in [6.07, 6.45) is 1.96. The molecule has 1 atom stereocenters. The number of thiophene rings is 1. The smallest absolute Gasteiger partial charge is 0.0545 e. The standard InChI is InChI=1S/C14H13BrCl2S/c15-9-10(8-14-13(17)5-6-18-14)7-11-3-1-2-4-12(11)16/h1-6,10H,7-9H2. The van der Waals surface area contributed by atoms with Gasteiger partial charge in [-0.05, 0) is 41.8 Å². The van der Waals surface area contributed by atoms with E-state index in [0.717, 1.165) is 28.2 Å². The fraction of sp³-hybridized carbons (Fsp3) is 0.286. The lowest BCUT2D eigenvalue weighted by molar-refractivity contribution is 0.597. The molecular formula is C14H13BrCl2S. The minimum Gasteiger partial charge on any atom is -0.147 e. The van der Waals surface area contributed by atoms with Crippen LogP contribution in [0.1, 0.15) is 10.4 Å². The van der Waals surface area contributed by atoms with Gasteiger partial charge in [0, 0.05) is 15.2 Å². The van der Waals surface area contributed by atoms with E-state index in [-0.39, 0.29) is 0 Å². The molecule has 1 unspecified atom stereocenters. The van der Waals surface area contributed by atoms with Crippen molar-refractivity contribution in [2.24, 2.45) is 5.92 Å². The maximum Gasteiger partial charge on any atom is 0.0545 e. The van der Waals surface area contributed by atoms with Crippen molar-refractivity contribution in [3.8, 4) is 0 Å². The van der Waals surface area contributed by atoms with E-state index in [1.54, 1.807) is 11.3 Å². The zero-order valence-corrected chi connectivity index (χ0v) is 13.6. The minimum atomic E-state index is 0.515. The van der Waals surface area contributed by atoms with E-state index in [4.69, 9.17) is 23.2 Å². The third-order valence-corrected chi connectivity index (χ3v) is 5.54. The van der Waals surface area contributed by atoms with Crippen molar-refractivity contribution < 1.29 is 0 Å². The second-order valence-electron chi connectivity index (χ2n) is 4.21. The lowest BCUT2D eigenvalue weighted by atomic mass is 9.97. The van der Waals surface area contributed by atoms with Crippen molar-refractivity contribution in [3.05, 3.63) is 56.2 Å². The Labute approximate surface area is 130 Å². The molecule has 2 aromatic rings. The van der Waals surface area contributed by atoms with E-state index in [0.29, 0.717) is 5.92 Å². The molecule has 0 saturated heterocycles. The summed E-state index contributed by atoms with van der Waals surface area (Å²) in [5.74, 6) is 0.515. The van der Waals surface area contributed by atoms with Crippen molar-refractivity contribution in [2.45, 2.75) is 12.8 Å². The van der Waals surface area contributed by atoms with Crippen LogP contribution in [0, 0.1) is 5.92 Å². The second kappa shape index (κ2) is 6.95. The monoisotopic (exact) mass is 362 g/mol. The van der Waals surface area contributed by atoms with Crippen molar-refractivity contribution >= 4 is 50.5 Å². The number of hydrogen-bond donors (Lipinski definition) is 0. The Morgan fingerprint density at radius 2 is 1.83 bits per heavy atom. The zero-order chi connectivity index (χ0) is 13.0. The van der Waals surface area contributed by atoms with Gasteiger partial charge >= 0.3 is 0 Å². The van der Waals surface area contributed by atoms with E-state index in [2.05, 4.69) is 22.0 Å². The van der Waals surface area contributed by atoms with Gasteiger partial charge in [0.25, 0.3) is 0 Å². The first kappa shape index (κ1) is 14.4. The summed E-state index contributed by atoms with van der Waals surface area (Å²) in [6, 6.07) is 9.99. The highest BCUT2D eigenvalue weighted by molar-refractivity contribution is 9.09. The topological polar surface area (TPSA) is 0 Å². The Morgan fingerprint density at radius 3 is 2.44 bits per heavy atom. The number of alkyl halides is 1. The van der Waals surface area contributed by atoms with Crippen LogP contribution in [0.4, 0.5) is 0 Å². The summed E-state index contributed by atoms with van der Waals surface area (Å²) in [6.45, 7) is 0. The zero-order valence-electron chi connectivity index (χ0n) is 9.70. The van der Waals surface area contributed by atoms with E-state index in [1.165, 1.54) is 10.4 Å². The highest BCUT2D eigenvalue weighted by Gasteiger charge is 2.13. The predicted octanol–water partition coefficient (Wildman–Crippen LogP) is 5.85. The quantitative estimate of drug-likeness (QED) is 0.584. The maximum absolute atomic E-state index is 6.20. The summed E-state index contributed by atoms with van der Waals surface area (Å²) in [5.41, 5.74) is 1.20. The lowest BCUT2D eigenvalue weighted by Crippen LogP contribution is -2.09. The Morgan fingerprint density at radius 1 is 1.06 bits per heavy atom. The van der Waals surface area contributed by atoms with Gasteiger partial charge in [-0.25, -0.2) is 0 Å². The fourth-order valence-corrected chi connectivity index (χ4v) is 3.79. The van der Waals surface area contributed by atoms with Crippen LogP contribution >= 0.6 is 50.5 Å². The third-order valence-electron chi connectivity index (χ3n) is 2.85. The third kappa shape index (κ3) is 3.74. The van der Waals surface area contributed by atoms with E-state index < -0.39 is 0 Å². The largest absolute Gasteiger partial charge is 0.147 e. The molecule has 1 aromatic carbocycles. The van der Waals surface area contributed by atoms with Gasteiger partial charge in [0.15, 0.2) is 0 Å². The van der Waals surface area contributed by atoms with Gasteiger partial charge in [-0.15, -0.1) is 11.3 Å². The number of rotatable bonds is 5. The molecule has 0 spiro atoms. The van der Waals surface area contributed by atoms with Gasteiger partial charge in [0.1, 0.15) is 0 Å². The molecule has 0 nitrogen and oxygen atoms in total. The number of hydrogen-bond acceptors (Lipinski definition) is 1. The molecule has 0 saturated carbocycles. The molecule has 96 valence electrons. The van der Waals surface area contributed by atoms with Gasteiger partial charge < -0.3 is 0 Å². The van der Waals surface area contributed by atoms with Crippen LogP contribution in [0.15, 0.2) is 35.7 Å². The Hall–Kier alpha value is -0.0200. The summed E-state index contributed by atoms with van der Waals surface area (Å²) in [5, 5.41) is 4.72. The van der Waals surface area contributed by atoms with Crippen LogP contribution in [0.3, 0.4) is 0 Å². The molecule has 0 aliphatic carbocycles. The van der Waals surface area contributed by atoms with Gasteiger partial charge in [-0.1, -0.05) is 57.3 Å². The summed E-state index contributed by atoms with van der Waals surface area (Å²) >= 11 is 17.7. The Kier molecular flexibility index (Phi) is 5.56. The molecule has 18 heavy (non-hydrogen) atoms. The van der Waals surface area contributed by atoms with Crippen molar-refractivity contribution in [1.82, 2.24) is 0 Å². The van der Waals surface area contributed by atoms with Crippen LogP contribution < -0.4 is 0 Å². The molecular weight excluding hydrogens is 351 g/mol. The first-order valence-electron chi connectivity index (χ1n) is 5.72. The first-order valence-corrected chi connectivity index (χ1v) is 8.47. The summed E-state index contributed by atoms with van der Waals surface area (Å²) in [7, 11) is 0. The number of benzene rings is 1. The molecule has 0 amide bonds. The van der Waals surface area contributed by atoms with Crippen LogP contribution in [0.2, 0.25) is 10.0 Å². The van der Waals surface area contributed by atoms with Crippen molar-refractivity contribution in [1.29, 1.82) is 0 Å².